The van der Waals surface area contributed by atoms with Crippen LogP contribution < -0.4 is 0 Å². The molecule has 0 saturated carbocycles. The standard InChI is InChI=1S/C18H14F2N2OS/c1-10(17(23)12-7-8-14(19)15(20)9-12)24-18-13-5-3-4-6-16(13)21-11(2)22-18/h3-10H,1-2H3/t10-/m0/s1. The number of hydrogen-bond donors (Lipinski definition) is 0. The smallest absolute Gasteiger partial charge is 0.176 e. The minimum atomic E-state index is -1.03. The third kappa shape index (κ3) is 3.28. The number of ketones is 1. The number of nitrogens with zero attached hydrogens (tertiary/aromatic N) is 2. The van der Waals surface area contributed by atoms with Gasteiger partial charge in [0, 0.05) is 10.9 Å². The molecule has 2 aromatic carbocycles. The molecule has 1 aromatic heterocycles. The predicted octanol–water partition coefficient (Wildman–Crippen LogP) is 4.58. The SMILES string of the molecule is Cc1nc(S[C@@H](C)C(=O)c2ccc(F)c(F)c2)c2ccccc2n1. The van der Waals surface area contributed by atoms with E-state index in [9.17, 15) is 13.6 Å². The zero-order valence-electron chi connectivity index (χ0n) is 13.1. The van der Waals surface area contributed by atoms with Gasteiger partial charge >= 0.3 is 0 Å². The third-order valence-electron chi connectivity index (χ3n) is 3.54. The fourth-order valence-electron chi connectivity index (χ4n) is 2.35. The molecule has 3 aromatic rings. The highest BCUT2D eigenvalue weighted by atomic mass is 32.2. The maximum Gasteiger partial charge on any atom is 0.176 e. The van der Waals surface area contributed by atoms with Crippen LogP contribution in [0.15, 0.2) is 47.5 Å². The van der Waals surface area contributed by atoms with Crippen molar-refractivity contribution in [1.29, 1.82) is 0 Å². The monoisotopic (exact) mass is 344 g/mol. The molecule has 0 amide bonds. The number of fused-ring (bicyclic) bond motifs is 1. The second-order valence-electron chi connectivity index (χ2n) is 5.35. The maximum atomic E-state index is 13.3. The normalized spacial score (nSPS) is 12.3. The number of rotatable bonds is 4. The molecule has 0 aliphatic heterocycles. The van der Waals surface area contributed by atoms with Crippen LogP contribution in [0.4, 0.5) is 8.78 Å². The van der Waals surface area contributed by atoms with Crippen LogP contribution in [0.25, 0.3) is 10.9 Å². The van der Waals surface area contributed by atoms with Gasteiger partial charge in [0.1, 0.15) is 10.9 Å². The average molecular weight is 344 g/mol. The van der Waals surface area contributed by atoms with Gasteiger partial charge in [0.15, 0.2) is 17.4 Å². The van der Waals surface area contributed by atoms with Crippen LogP contribution in [-0.2, 0) is 0 Å². The van der Waals surface area contributed by atoms with Crippen molar-refractivity contribution >= 4 is 28.4 Å². The molecule has 1 atom stereocenters. The van der Waals surface area contributed by atoms with E-state index in [0.29, 0.717) is 10.9 Å². The summed E-state index contributed by atoms with van der Waals surface area (Å²) in [7, 11) is 0. The van der Waals surface area contributed by atoms with Crippen molar-refractivity contribution < 1.29 is 13.6 Å². The van der Waals surface area contributed by atoms with E-state index in [2.05, 4.69) is 9.97 Å². The molecule has 0 N–H and O–H groups in total. The van der Waals surface area contributed by atoms with E-state index in [1.807, 2.05) is 24.3 Å². The van der Waals surface area contributed by atoms with E-state index in [1.165, 1.54) is 17.8 Å². The molecule has 0 aliphatic carbocycles. The number of carbonyl (C=O) groups excluding carboxylic acids is 1. The zero-order valence-corrected chi connectivity index (χ0v) is 13.9. The van der Waals surface area contributed by atoms with Gasteiger partial charge in [-0.05, 0) is 38.1 Å². The Hall–Kier alpha value is -2.34. The number of carbonyl (C=O) groups is 1. The summed E-state index contributed by atoms with van der Waals surface area (Å²) in [5.41, 5.74) is 0.948. The number of halogens is 2. The second-order valence-corrected chi connectivity index (χ2v) is 6.68. The highest BCUT2D eigenvalue weighted by Gasteiger charge is 2.20. The van der Waals surface area contributed by atoms with Crippen LogP contribution >= 0.6 is 11.8 Å². The van der Waals surface area contributed by atoms with Crippen LogP contribution in [0, 0.1) is 18.6 Å². The lowest BCUT2D eigenvalue weighted by molar-refractivity contribution is 0.0993. The highest BCUT2D eigenvalue weighted by molar-refractivity contribution is 8.00. The Bertz CT molecular complexity index is 930. The molecular weight excluding hydrogens is 330 g/mol. The molecule has 1 heterocycles. The van der Waals surface area contributed by atoms with Crippen LogP contribution in [-0.4, -0.2) is 21.0 Å². The molecule has 0 radical (unpaired) electrons. The fourth-order valence-corrected chi connectivity index (χ4v) is 3.42. The van der Waals surface area contributed by atoms with E-state index in [0.717, 1.165) is 23.0 Å². The number of aryl methyl sites for hydroxylation is 1. The fraction of sp³-hybridized carbons (Fsp3) is 0.167. The number of benzene rings is 2. The van der Waals surface area contributed by atoms with E-state index in [1.54, 1.807) is 13.8 Å². The Morgan fingerprint density at radius 1 is 1.08 bits per heavy atom. The molecule has 3 nitrogen and oxygen atoms in total. The molecular formula is C18H14F2N2OS. The van der Waals surface area contributed by atoms with Gasteiger partial charge in [0.05, 0.1) is 10.8 Å². The maximum absolute atomic E-state index is 13.3. The van der Waals surface area contributed by atoms with Gasteiger partial charge in [-0.3, -0.25) is 4.79 Å². The molecule has 0 bridgehead atoms. The number of hydrogen-bond acceptors (Lipinski definition) is 4. The quantitative estimate of drug-likeness (QED) is 0.395. The van der Waals surface area contributed by atoms with Crippen molar-refractivity contribution in [1.82, 2.24) is 9.97 Å². The number of aromatic nitrogens is 2. The second kappa shape index (κ2) is 6.65. The van der Waals surface area contributed by atoms with Crippen molar-refractivity contribution in [3.8, 4) is 0 Å². The summed E-state index contributed by atoms with van der Waals surface area (Å²) in [6.45, 7) is 3.51. The van der Waals surface area contributed by atoms with Gasteiger partial charge in [-0.25, -0.2) is 18.7 Å². The first-order valence-electron chi connectivity index (χ1n) is 7.35. The summed E-state index contributed by atoms with van der Waals surface area (Å²) in [5, 5.41) is 1.06. The largest absolute Gasteiger partial charge is 0.293 e. The number of thioether (sulfide) groups is 1. The Labute approximate surface area is 142 Å². The lowest BCUT2D eigenvalue weighted by Crippen LogP contribution is -2.14. The van der Waals surface area contributed by atoms with Gasteiger partial charge in [0.25, 0.3) is 0 Å². The van der Waals surface area contributed by atoms with Crippen molar-refractivity contribution in [2.45, 2.75) is 24.1 Å². The molecule has 3 rings (SSSR count). The third-order valence-corrected chi connectivity index (χ3v) is 4.64. The topological polar surface area (TPSA) is 42.9 Å². The molecule has 0 saturated heterocycles. The summed E-state index contributed by atoms with van der Waals surface area (Å²) in [6, 6.07) is 10.7. The first kappa shape index (κ1) is 16.5. The lowest BCUT2D eigenvalue weighted by Gasteiger charge is -2.12. The minimum absolute atomic E-state index is 0.143. The Balaban J connectivity index is 1.90. The van der Waals surface area contributed by atoms with Gasteiger partial charge in [-0.15, -0.1) is 0 Å². The number of para-hydroxylation sites is 1. The zero-order chi connectivity index (χ0) is 17.3. The number of Topliss-reactive ketones (excluding diaryl/α,β-unsaturated/α-hetero) is 1. The van der Waals surface area contributed by atoms with Crippen LogP contribution in [0.1, 0.15) is 23.1 Å². The summed E-state index contributed by atoms with van der Waals surface area (Å²) in [5.74, 6) is -1.66. The Kier molecular flexibility index (Phi) is 4.57. The highest BCUT2D eigenvalue weighted by Crippen LogP contribution is 2.30. The first-order valence-corrected chi connectivity index (χ1v) is 8.23. The Morgan fingerprint density at radius 2 is 1.83 bits per heavy atom. The summed E-state index contributed by atoms with van der Waals surface area (Å²) < 4.78 is 26.4. The van der Waals surface area contributed by atoms with E-state index >= 15 is 0 Å². The molecule has 24 heavy (non-hydrogen) atoms. The predicted molar refractivity (Wildman–Crippen MR) is 90.3 cm³/mol. The summed E-state index contributed by atoms with van der Waals surface area (Å²) in [6.07, 6.45) is 0. The van der Waals surface area contributed by atoms with Crippen molar-refractivity contribution in [3.05, 3.63) is 65.5 Å². The van der Waals surface area contributed by atoms with Crippen LogP contribution in [0.3, 0.4) is 0 Å². The van der Waals surface area contributed by atoms with Crippen molar-refractivity contribution in [2.24, 2.45) is 0 Å². The van der Waals surface area contributed by atoms with E-state index in [-0.39, 0.29) is 11.3 Å². The van der Waals surface area contributed by atoms with Gasteiger partial charge in [-0.1, -0.05) is 30.0 Å². The van der Waals surface area contributed by atoms with Gasteiger partial charge in [0.2, 0.25) is 0 Å². The van der Waals surface area contributed by atoms with Crippen molar-refractivity contribution in [2.75, 3.05) is 0 Å². The average Bonchev–Trinajstić information content (AvgIpc) is 2.56. The lowest BCUT2D eigenvalue weighted by atomic mass is 10.1. The molecule has 0 unspecified atom stereocenters. The van der Waals surface area contributed by atoms with Gasteiger partial charge < -0.3 is 0 Å². The molecule has 6 heteroatoms. The van der Waals surface area contributed by atoms with E-state index in [4.69, 9.17) is 0 Å². The Morgan fingerprint density at radius 3 is 2.58 bits per heavy atom. The van der Waals surface area contributed by atoms with Crippen molar-refractivity contribution in [3.63, 3.8) is 0 Å². The van der Waals surface area contributed by atoms with Crippen LogP contribution in [0.2, 0.25) is 0 Å². The summed E-state index contributed by atoms with van der Waals surface area (Å²) >= 11 is 1.28. The minimum Gasteiger partial charge on any atom is -0.293 e. The molecule has 0 fully saturated rings. The summed E-state index contributed by atoms with van der Waals surface area (Å²) in [4.78, 5) is 21.3. The van der Waals surface area contributed by atoms with Gasteiger partial charge in [-0.2, -0.15) is 0 Å². The molecule has 0 aliphatic rings. The first-order chi connectivity index (χ1) is 11.5. The molecule has 122 valence electrons. The van der Waals surface area contributed by atoms with Crippen LogP contribution in [0.5, 0.6) is 0 Å². The molecule has 0 spiro atoms. The van der Waals surface area contributed by atoms with E-state index < -0.39 is 16.9 Å².